The number of nitrogens with one attached hydrogen (secondary N) is 2. The molecule has 0 aromatic carbocycles. The third-order valence-corrected chi connectivity index (χ3v) is 5.28. The molecule has 2 heterocycles. The van der Waals surface area contributed by atoms with Crippen molar-refractivity contribution in [3.8, 4) is 0 Å². The van der Waals surface area contributed by atoms with Gasteiger partial charge < -0.3 is 5.32 Å². The molecular weight excluding hydrogens is 346 g/mol. The minimum absolute atomic E-state index is 0.142. The Balaban J connectivity index is 1.52. The zero-order chi connectivity index (χ0) is 16.9. The number of rotatable bonds is 6. The molecule has 0 radical (unpaired) electrons. The molecule has 3 rings (SSSR count). The minimum Gasteiger partial charge on any atom is -0.310 e. The summed E-state index contributed by atoms with van der Waals surface area (Å²) < 4.78 is 0. The van der Waals surface area contributed by atoms with Crippen molar-refractivity contribution in [3.05, 3.63) is 29.2 Å². The summed E-state index contributed by atoms with van der Waals surface area (Å²) in [6, 6.07) is 3.36. The summed E-state index contributed by atoms with van der Waals surface area (Å²) in [5, 5.41) is 10.8. The van der Waals surface area contributed by atoms with E-state index in [-0.39, 0.29) is 11.2 Å². The Kier molecular flexibility index (Phi) is 5.73. The average molecular weight is 366 g/mol. The van der Waals surface area contributed by atoms with Gasteiger partial charge in [-0.05, 0) is 25.0 Å². The van der Waals surface area contributed by atoms with Crippen LogP contribution in [0.4, 0.5) is 5.82 Å². The standard InChI is InChI=1S/C16H20ClN5OS/c1-10(15(23)19-13-7-6-12(17)9-18-13)24-16-20-14(21-22-16)8-11-4-2-3-5-11/h6-7,9-11H,2-5,8H2,1H3,(H,18,19,23)(H,20,21,22). The Labute approximate surface area is 150 Å². The quantitative estimate of drug-likeness (QED) is 0.762. The maximum absolute atomic E-state index is 12.2. The van der Waals surface area contributed by atoms with Crippen molar-refractivity contribution >= 4 is 35.1 Å². The summed E-state index contributed by atoms with van der Waals surface area (Å²) in [4.78, 5) is 20.8. The van der Waals surface area contributed by atoms with Crippen LogP contribution in [0.25, 0.3) is 0 Å². The van der Waals surface area contributed by atoms with E-state index in [1.807, 2.05) is 6.92 Å². The monoisotopic (exact) mass is 365 g/mol. The number of pyridine rings is 1. The van der Waals surface area contributed by atoms with Crippen LogP contribution in [0.2, 0.25) is 5.02 Å². The number of halogens is 1. The van der Waals surface area contributed by atoms with Crippen molar-refractivity contribution in [1.29, 1.82) is 0 Å². The third-order valence-electron chi connectivity index (χ3n) is 4.10. The Morgan fingerprint density at radius 2 is 2.25 bits per heavy atom. The van der Waals surface area contributed by atoms with Gasteiger partial charge in [-0.3, -0.25) is 9.89 Å². The molecule has 1 amide bonds. The number of amides is 1. The number of hydrogen-bond donors (Lipinski definition) is 2. The van der Waals surface area contributed by atoms with Crippen LogP contribution in [0.1, 0.15) is 38.4 Å². The van der Waals surface area contributed by atoms with Crippen molar-refractivity contribution in [2.45, 2.75) is 49.4 Å². The summed E-state index contributed by atoms with van der Waals surface area (Å²) >= 11 is 7.12. The van der Waals surface area contributed by atoms with Gasteiger partial charge in [-0.1, -0.05) is 49.0 Å². The molecular formula is C16H20ClN5OS. The number of nitrogens with zero attached hydrogens (tertiary/aromatic N) is 3. The van der Waals surface area contributed by atoms with Crippen molar-refractivity contribution < 1.29 is 4.79 Å². The fraction of sp³-hybridized carbons (Fsp3) is 0.500. The van der Waals surface area contributed by atoms with Gasteiger partial charge in [0.15, 0.2) is 0 Å². The Morgan fingerprint density at radius 3 is 2.96 bits per heavy atom. The molecule has 0 aliphatic heterocycles. The first kappa shape index (κ1) is 17.2. The van der Waals surface area contributed by atoms with E-state index in [0.29, 0.717) is 21.9 Å². The molecule has 0 spiro atoms. The van der Waals surface area contributed by atoms with Crippen LogP contribution in [0, 0.1) is 5.92 Å². The van der Waals surface area contributed by atoms with E-state index >= 15 is 0 Å². The molecule has 6 nitrogen and oxygen atoms in total. The number of carbonyl (C=O) groups is 1. The second-order valence-electron chi connectivity index (χ2n) is 6.03. The van der Waals surface area contributed by atoms with E-state index < -0.39 is 0 Å². The lowest BCUT2D eigenvalue weighted by molar-refractivity contribution is -0.115. The van der Waals surface area contributed by atoms with Gasteiger partial charge in [0.25, 0.3) is 0 Å². The highest BCUT2D eigenvalue weighted by Gasteiger charge is 2.20. The molecule has 1 fully saturated rings. The van der Waals surface area contributed by atoms with E-state index in [0.717, 1.165) is 12.2 Å². The van der Waals surface area contributed by atoms with Gasteiger partial charge in [0, 0.05) is 12.6 Å². The molecule has 1 aliphatic carbocycles. The summed E-state index contributed by atoms with van der Waals surface area (Å²) in [6.45, 7) is 1.82. The smallest absolute Gasteiger partial charge is 0.238 e. The topological polar surface area (TPSA) is 83.6 Å². The molecule has 8 heteroatoms. The van der Waals surface area contributed by atoms with Crippen LogP contribution in [0.15, 0.2) is 23.5 Å². The third kappa shape index (κ3) is 4.70. The lowest BCUT2D eigenvalue weighted by Gasteiger charge is -2.09. The Hall–Kier alpha value is -1.60. The molecule has 0 saturated heterocycles. The van der Waals surface area contributed by atoms with Crippen LogP contribution >= 0.6 is 23.4 Å². The minimum atomic E-state index is -0.322. The average Bonchev–Trinajstić information content (AvgIpc) is 3.22. The predicted molar refractivity (Wildman–Crippen MR) is 95.2 cm³/mol. The van der Waals surface area contributed by atoms with E-state index in [2.05, 4.69) is 25.5 Å². The number of thioether (sulfide) groups is 1. The highest BCUT2D eigenvalue weighted by Crippen LogP contribution is 2.28. The van der Waals surface area contributed by atoms with Crippen LogP contribution in [-0.4, -0.2) is 31.3 Å². The summed E-state index contributed by atoms with van der Waals surface area (Å²) in [5.41, 5.74) is 0. The lowest BCUT2D eigenvalue weighted by atomic mass is 10.0. The van der Waals surface area contributed by atoms with Crippen LogP contribution in [-0.2, 0) is 11.2 Å². The van der Waals surface area contributed by atoms with Gasteiger partial charge in [0.05, 0.1) is 10.3 Å². The number of anilines is 1. The molecule has 24 heavy (non-hydrogen) atoms. The molecule has 128 valence electrons. The van der Waals surface area contributed by atoms with Gasteiger partial charge in [-0.15, -0.1) is 5.10 Å². The molecule has 1 atom stereocenters. The normalized spacial score (nSPS) is 16.2. The first-order chi connectivity index (χ1) is 11.6. The summed E-state index contributed by atoms with van der Waals surface area (Å²) in [5.74, 6) is 1.97. The van der Waals surface area contributed by atoms with Crippen LogP contribution in [0.3, 0.4) is 0 Å². The fourth-order valence-corrected chi connectivity index (χ4v) is 3.65. The van der Waals surface area contributed by atoms with Crippen molar-refractivity contribution in [1.82, 2.24) is 20.2 Å². The lowest BCUT2D eigenvalue weighted by Crippen LogP contribution is -2.23. The molecule has 2 aromatic rings. The van der Waals surface area contributed by atoms with E-state index in [1.54, 1.807) is 12.1 Å². The molecule has 1 saturated carbocycles. The zero-order valence-electron chi connectivity index (χ0n) is 13.5. The maximum atomic E-state index is 12.2. The Morgan fingerprint density at radius 1 is 1.46 bits per heavy atom. The van der Waals surface area contributed by atoms with E-state index in [9.17, 15) is 4.79 Å². The van der Waals surface area contributed by atoms with Crippen molar-refractivity contribution in [2.75, 3.05) is 5.32 Å². The van der Waals surface area contributed by atoms with Crippen LogP contribution in [0.5, 0.6) is 0 Å². The second kappa shape index (κ2) is 7.98. The van der Waals surface area contributed by atoms with Crippen LogP contribution < -0.4 is 5.32 Å². The number of carbonyl (C=O) groups excluding carboxylic acids is 1. The number of hydrogen-bond acceptors (Lipinski definition) is 5. The zero-order valence-corrected chi connectivity index (χ0v) is 15.0. The first-order valence-corrected chi connectivity index (χ1v) is 9.36. The first-order valence-electron chi connectivity index (χ1n) is 8.10. The van der Waals surface area contributed by atoms with Gasteiger partial charge in [-0.25, -0.2) is 9.97 Å². The number of aromatic nitrogens is 4. The van der Waals surface area contributed by atoms with Crippen molar-refractivity contribution in [3.63, 3.8) is 0 Å². The van der Waals surface area contributed by atoms with Gasteiger partial charge in [0.1, 0.15) is 11.6 Å². The van der Waals surface area contributed by atoms with Crippen molar-refractivity contribution in [2.24, 2.45) is 5.92 Å². The molecule has 1 unspecified atom stereocenters. The van der Waals surface area contributed by atoms with Gasteiger partial charge in [-0.2, -0.15) is 0 Å². The fourth-order valence-electron chi connectivity index (χ4n) is 2.80. The SMILES string of the molecule is CC(Sc1n[nH]c(CC2CCCC2)n1)C(=O)Nc1ccc(Cl)cn1. The highest BCUT2D eigenvalue weighted by atomic mass is 35.5. The molecule has 2 aromatic heterocycles. The number of aromatic amines is 1. The van der Waals surface area contributed by atoms with E-state index in [4.69, 9.17) is 11.6 Å². The summed E-state index contributed by atoms with van der Waals surface area (Å²) in [6.07, 6.45) is 7.63. The Bertz CT molecular complexity index is 684. The second-order valence-corrected chi connectivity index (χ2v) is 7.77. The van der Waals surface area contributed by atoms with Gasteiger partial charge >= 0.3 is 0 Å². The molecule has 2 N–H and O–H groups in total. The summed E-state index contributed by atoms with van der Waals surface area (Å²) in [7, 11) is 0. The van der Waals surface area contributed by atoms with Gasteiger partial charge in [0.2, 0.25) is 11.1 Å². The molecule has 0 bridgehead atoms. The molecule has 1 aliphatic rings. The maximum Gasteiger partial charge on any atom is 0.238 e. The van der Waals surface area contributed by atoms with E-state index in [1.165, 1.54) is 43.6 Å². The highest BCUT2D eigenvalue weighted by molar-refractivity contribution is 8.00. The largest absolute Gasteiger partial charge is 0.310 e. The number of H-pyrrole nitrogens is 1. The predicted octanol–water partition coefficient (Wildman–Crippen LogP) is 3.71.